The van der Waals surface area contributed by atoms with Crippen LogP contribution in [0.2, 0.25) is 0 Å². The van der Waals surface area contributed by atoms with E-state index in [1.54, 1.807) is 0 Å². The van der Waals surface area contributed by atoms with Crippen molar-refractivity contribution in [3.63, 3.8) is 0 Å². The molecule has 1 saturated heterocycles. The second-order valence-corrected chi connectivity index (χ2v) is 8.79. The van der Waals surface area contributed by atoms with Crippen LogP contribution in [-0.2, 0) is 9.47 Å². The van der Waals surface area contributed by atoms with E-state index in [0.717, 1.165) is 19.3 Å². The first-order chi connectivity index (χ1) is 14.7. The molecule has 30 heavy (non-hydrogen) atoms. The van der Waals surface area contributed by atoms with Crippen molar-refractivity contribution < 1.29 is 24.8 Å². The van der Waals surface area contributed by atoms with Gasteiger partial charge in [-0.15, -0.1) is 0 Å². The van der Waals surface area contributed by atoms with Gasteiger partial charge in [0.25, 0.3) is 0 Å². The van der Waals surface area contributed by atoms with Crippen molar-refractivity contribution >= 4 is 0 Å². The van der Waals surface area contributed by atoms with E-state index in [2.05, 4.69) is 19.1 Å². The molecule has 0 aromatic heterocycles. The van der Waals surface area contributed by atoms with Gasteiger partial charge in [0.15, 0.2) is 0 Å². The van der Waals surface area contributed by atoms with Crippen molar-refractivity contribution in [2.45, 2.75) is 128 Å². The van der Waals surface area contributed by atoms with Crippen LogP contribution in [0.1, 0.15) is 103 Å². The first-order valence-electron chi connectivity index (χ1n) is 12.5. The monoisotopic (exact) mass is 428 g/mol. The van der Waals surface area contributed by atoms with Crippen LogP contribution in [-0.4, -0.2) is 59.6 Å². The quantitative estimate of drug-likeness (QED) is 0.190. The van der Waals surface area contributed by atoms with E-state index < -0.39 is 24.4 Å². The molecule has 0 aliphatic carbocycles. The smallest absolute Gasteiger partial charge is 0.114 e. The van der Waals surface area contributed by atoms with Crippen LogP contribution in [0, 0.1) is 0 Å². The summed E-state index contributed by atoms with van der Waals surface area (Å²) in [7, 11) is 0. The van der Waals surface area contributed by atoms with E-state index in [-0.39, 0.29) is 13.2 Å². The van der Waals surface area contributed by atoms with E-state index in [1.807, 2.05) is 0 Å². The zero-order valence-electron chi connectivity index (χ0n) is 19.4. The van der Waals surface area contributed by atoms with Crippen molar-refractivity contribution in [1.82, 2.24) is 0 Å². The third-order valence-electron chi connectivity index (χ3n) is 5.91. The Hall–Kier alpha value is -0.460. The minimum atomic E-state index is -1.03. The topological polar surface area (TPSA) is 79.2 Å². The van der Waals surface area contributed by atoms with Gasteiger partial charge in [0.1, 0.15) is 24.4 Å². The Labute approximate surface area is 184 Å². The SMILES string of the molecule is CCCCCCCCCCC/C=C/CCCCCCOC[C@@H](O)[C@@H]1OC[C@H](O)[C@@H]1O. The van der Waals surface area contributed by atoms with Gasteiger partial charge in [-0.25, -0.2) is 0 Å². The number of hydrogen-bond acceptors (Lipinski definition) is 5. The largest absolute Gasteiger partial charge is 0.388 e. The van der Waals surface area contributed by atoms with Crippen molar-refractivity contribution in [1.29, 1.82) is 0 Å². The van der Waals surface area contributed by atoms with Gasteiger partial charge in [0.2, 0.25) is 0 Å². The van der Waals surface area contributed by atoms with Crippen LogP contribution in [0.15, 0.2) is 12.2 Å². The molecule has 1 heterocycles. The predicted molar refractivity (Wildman–Crippen MR) is 123 cm³/mol. The highest BCUT2D eigenvalue weighted by Crippen LogP contribution is 2.18. The molecule has 0 aromatic rings. The van der Waals surface area contributed by atoms with Gasteiger partial charge >= 0.3 is 0 Å². The summed E-state index contributed by atoms with van der Waals surface area (Å²) in [6.45, 7) is 3.08. The second-order valence-electron chi connectivity index (χ2n) is 8.79. The summed E-state index contributed by atoms with van der Waals surface area (Å²) in [5.74, 6) is 0. The summed E-state index contributed by atoms with van der Waals surface area (Å²) in [4.78, 5) is 0. The van der Waals surface area contributed by atoms with Gasteiger partial charge in [0, 0.05) is 6.61 Å². The van der Waals surface area contributed by atoms with Crippen molar-refractivity contribution in [2.75, 3.05) is 19.8 Å². The summed E-state index contributed by atoms with van der Waals surface area (Å²) in [6.07, 6.45) is 20.5. The van der Waals surface area contributed by atoms with Crippen LogP contribution < -0.4 is 0 Å². The highest BCUT2D eigenvalue weighted by atomic mass is 16.5. The molecule has 1 fully saturated rings. The van der Waals surface area contributed by atoms with Crippen molar-refractivity contribution in [3.8, 4) is 0 Å². The molecule has 3 N–H and O–H groups in total. The molecule has 178 valence electrons. The molecule has 0 radical (unpaired) electrons. The predicted octanol–water partition coefficient (Wildman–Crippen LogP) is 4.91. The highest BCUT2D eigenvalue weighted by molar-refractivity contribution is 4.87. The molecule has 1 aliphatic heterocycles. The number of allylic oxidation sites excluding steroid dienone is 2. The Kier molecular flexibility index (Phi) is 17.7. The van der Waals surface area contributed by atoms with Crippen molar-refractivity contribution in [2.24, 2.45) is 0 Å². The Balaban J connectivity index is 1.78. The lowest BCUT2D eigenvalue weighted by atomic mass is 10.1. The third-order valence-corrected chi connectivity index (χ3v) is 5.91. The van der Waals surface area contributed by atoms with Gasteiger partial charge in [-0.3, -0.25) is 0 Å². The average Bonchev–Trinajstić information content (AvgIpc) is 3.08. The lowest BCUT2D eigenvalue weighted by molar-refractivity contribution is -0.0813. The summed E-state index contributed by atoms with van der Waals surface area (Å²) in [6, 6.07) is 0. The fraction of sp³-hybridized carbons (Fsp3) is 0.920. The van der Waals surface area contributed by atoms with Crippen LogP contribution >= 0.6 is 0 Å². The molecule has 5 nitrogen and oxygen atoms in total. The maximum atomic E-state index is 9.95. The maximum Gasteiger partial charge on any atom is 0.114 e. The Bertz CT molecular complexity index is 401. The number of hydrogen-bond donors (Lipinski definition) is 3. The first-order valence-corrected chi connectivity index (χ1v) is 12.5. The van der Waals surface area contributed by atoms with E-state index >= 15 is 0 Å². The van der Waals surface area contributed by atoms with E-state index in [1.165, 1.54) is 77.0 Å². The fourth-order valence-corrected chi connectivity index (χ4v) is 3.89. The minimum Gasteiger partial charge on any atom is -0.388 e. The highest BCUT2D eigenvalue weighted by Gasteiger charge is 2.39. The molecule has 0 aromatic carbocycles. The average molecular weight is 429 g/mol. The normalized spacial score (nSPS) is 22.9. The standard InChI is InChI=1S/C25H48O5/c1-2-3-4-5-6-7-8-9-10-11-12-13-14-15-16-17-18-19-29-20-23(27)25-24(28)22(26)21-30-25/h12-13,22-28H,2-11,14-21H2,1H3/b13-12+/t22-,23+,24-,25-/m0/s1. The summed E-state index contributed by atoms with van der Waals surface area (Å²) in [5, 5.41) is 29.1. The zero-order valence-corrected chi connectivity index (χ0v) is 19.4. The molecule has 0 amide bonds. The van der Waals surface area contributed by atoms with Crippen LogP contribution in [0.4, 0.5) is 0 Å². The summed E-state index contributed by atoms with van der Waals surface area (Å²) >= 11 is 0. The number of aliphatic hydroxyl groups excluding tert-OH is 3. The molecule has 1 aliphatic rings. The van der Waals surface area contributed by atoms with Crippen LogP contribution in [0.5, 0.6) is 0 Å². The zero-order chi connectivity index (χ0) is 21.9. The maximum absolute atomic E-state index is 9.95. The molecule has 0 bridgehead atoms. The summed E-state index contributed by atoms with van der Waals surface area (Å²) < 4.78 is 10.7. The van der Waals surface area contributed by atoms with Crippen molar-refractivity contribution in [3.05, 3.63) is 12.2 Å². The lowest BCUT2D eigenvalue weighted by Crippen LogP contribution is -2.40. The third kappa shape index (κ3) is 13.8. The number of rotatable bonds is 20. The van der Waals surface area contributed by atoms with Gasteiger partial charge < -0.3 is 24.8 Å². The molecule has 4 atom stereocenters. The van der Waals surface area contributed by atoms with Gasteiger partial charge in [-0.2, -0.15) is 0 Å². The molecular weight excluding hydrogens is 380 g/mol. The fourth-order valence-electron chi connectivity index (χ4n) is 3.89. The number of unbranched alkanes of at least 4 members (excludes halogenated alkanes) is 13. The Morgan fingerprint density at radius 2 is 1.37 bits per heavy atom. The Morgan fingerprint density at radius 1 is 0.833 bits per heavy atom. The van der Waals surface area contributed by atoms with Gasteiger partial charge in [-0.05, 0) is 32.1 Å². The number of aliphatic hydroxyl groups is 3. The van der Waals surface area contributed by atoms with E-state index in [0.29, 0.717) is 6.61 Å². The molecule has 0 spiro atoms. The molecule has 5 heteroatoms. The molecule has 0 saturated carbocycles. The number of ether oxygens (including phenoxy) is 2. The van der Waals surface area contributed by atoms with Gasteiger partial charge in [0.05, 0.1) is 13.2 Å². The molecule has 1 rings (SSSR count). The van der Waals surface area contributed by atoms with E-state index in [9.17, 15) is 15.3 Å². The van der Waals surface area contributed by atoms with Gasteiger partial charge in [-0.1, -0.05) is 83.3 Å². The first kappa shape index (κ1) is 27.6. The van der Waals surface area contributed by atoms with E-state index in [4.69, 9.17) is 9.47 Å². The summed E-state index contributed by atoms with van der Waals surface area (Å²) in [5.41, 5.74) is 0. The van der Waals surface area contributed by atoms with Crippen LogP contribution in [0.3, 0.4) is 0 Å². The lowest BCUT2D eigenvalue weighted by Gasteiger charge is -2.20. The van der Waals surface area contributed by atoms with Crippen LogP contribution in [0.25, 0.3) is 0 Å². The molecular formula is C25H48O5. The Morgan fingerprint density at radius 3 is 1.90 bits per heavy atom. The molecule has 0 unspecified atom stereocenters. The second kappa shape index (κ2) is 19.2. The minimum absolute atomic E-state index is 0.0660.